The Morgan fingerprint density at radius 1 is 1.36 bits per heavy atom. The summed E-state index contributed by atoms with van der Waals surface area (Å²) in [4.78, 5) is 15.5. The van der Waals surface area contributed by atoms with Gasteiger partial charge in [-0.15, -0.1) is 0 Å². The first kappa shape index (κ1) is 15.7. The number of benzene rings is 1. The molecule has 0 aromatic heterocycles. The minimum atomic E-state index is -0.0117. The highest BCUT2D eigenvalue weighted by atomic mass is 16.5. The van der Waals surface area contributed by atoms with Crippen molar-refractivity contribution in [2.24, 2.45) is 11.8 Å². The summed E-state index contributed by atoms with van der Waals surface area (Å²) in [7, 11) is 0. The number of hydrogen-bond acceptors (Lipinski definition) is 3. The molecule has 0 N–H and O–H groups in total. The van der Waals surface area contributed by atoms with E-state index < -0.39 is 0 Å². The number of amides is 1. The molecule has 1 aliphatic carbocycles. The molecule has 1 aromatic carbocycles. The normalized spacial score (nSPS) is 46.5. The molecule has 4 fully saturated rings. The first-order chi connectivity index (χ1) is 13.7. The van der Waals surface area contributed by atoms with Crippen molar-refractivity contribution in [1.82, 2.24) is 0 Å². The van der Waals surface area contributed by atoms with Crippen LogP contribution in [0, 0.1) is 23.2 Å². The van der Waals surface area contributed by atoms with E-state index in [1.165, 1.54) is 11.1 Å². The number of hydrogen-bond donors (Lipinski definition) is 0. The van der Waals surface area contributed by atoms with E-state index in [1.54, 1.807) is 0 Å². The summed E-state index contributed by atoms with van der Waals surface area (Å²) < 4.78 is 7.18. The average molecular weight is 374 g/mol. The van der Waals surface area contributed by atoms with Crippen molar-refractivity contribution in [3.8, 4) is 6.07 Å². The number of carbonyl (C=O) groups excluding carboxylic acids is 1. The summed E-state index contributed by atoms with van der Waals surface area (Å²) in [6.07, 6.45) is 5.06. The third-order valence-corrected chi connectivity index (χ3v) is 9.09. The lowest BCUT2D eigenvalue weighted by Gasteiger charge is -2.59. The summed E-state index contributed by atoms with van der Waals surface area (Å²) in [6, 6.07) is 11.8. The Balaban J connectivity index is 1.54. The molecular weight excluding hydrogens is 350 g/mol. The number of quaternary nitrogens is 1. The second-order valence-corrected chi connectivity index (χ2v) is 9.72. The zero-order valence-corrected chi connectivity index (χ0v) is 15.9. The van der Waals surface area contributed by atoms with Gasteiger partial charge in [0.2, 0.25) is 5.91 Å². The molecule has 5 heterocycles. The zero-order chi connectivity index (χ0) is 18.7. The molecule has 6 aliphatic rings. The van der Waals surface area contributed by atoms with Crippen LogP contribution >= 0.6 is 0 Å². The van der Waals surface area contributed by atoms with E-state index in [1.807, 2.05) is 0 Å². The van der Waals surface area contributed by atoms with Gasteiger partial charge in [0.05, 0.1) is 37.1 Å². The lowest BCUT2D eigenvalue weighted by molar-refractivity contribution is -0.936. The molecule has 7 atom stereocenters. The van der Waals surface area contributed by atoms with Crippen LogP contribution < -0.4 is 4.90 Å². The van der Waals surface area contributed by atoms with Crippen LogP contribution in [-0.2, 0) is 14.9 Å². The summed E-state index contributed by atoms with van der Waals surface area (Å²) in [5.41, 5.74) is 3.99. The molecule has 1 aromatic rings. The number of nitriles is 1. The number of rotatable bonds is 1. The van der Waals surface area contributed by atoms with Gasteiger partial charge in [0.15, 0.2) is 6.54 Å². The lowest BCUT2D eigenvalue weighted by Crippen LogP contribution is -2.72. The van der Waals surface area contributed by atoms with Crippen LogP contribution in [0.15, 0.2) is 35.9 Å². The van der Waals surface area contributed by atoms with Gasteiger partial charge in [-0.3, -0.25) is 4.79 Å². The molecular formula is C23H24N3O2+. The number of carbonyl (C=O) groups is 1. The van der Waals surface area contributed by atoms with E-state index in [4.69, 9.17) is 4.74 Å². The fourth-order valence-corrected chi connectivity index (χ4v) is 8.34. The van der Waals surface area contributed by atoms with Gasteiger partial charge in [-0.2, -0.15) is 5.26 Å². The highest BCUT2D eigenvalue weighted by Crippen LogP contribution is 2.67. The van der Waals surface area contributed by atoms with E-state index in [2.05, 4.69) is 41.3 Å². The maximum atomic E-state index is 13.3. The Morgan fingerprint density at radius 2 is 2.25 bits per heavy atom. The number of nitrogens with zero attached hydrogens (tertiary/aromatic N) is 3. The van der Waals surface area contributed by atoms with E-state index in [9.17, 15) is 10.1 Å². The number of fused-ring (bicyclic) bond motifs is 2. The minimum absolute atomic E-state index is 0.0117. The molecule has 1 unspecified atom stereocenters. The number of piperidine rings is 2. The van der Waals surface area contributed by atoms with Crippen LogP contribution in [0.2, 0.25) is 0 Å². The van der Waals surface area contributed by atoms with Crippen molar-refractivity contribution in [3.05, 3.63) is 41.5 Å². The second-order valence-electron chi connectivity index (χ2n) is 9.72. The molecule has 1 amide bonds. The molecule has 5 heteroatoms. The van der Waals surface area contributed by atoms with Gasteiger partial charge in [-0.25, -0.2) is 0 Å². The van der Waals surface area contributed by atoms with E-state index in [0.717, 1.165) is 36.1 Å². The third kappa shape index (κ3) is 1.51. The summed E-state index contributed by atoms with van der Waals surface area (Å²) in [6.45, 7) is 3.24. The van der Waals surface area contributed by atoms with Gasteiger partial charge in [-0.05, 0) is 23.1 Å². The van der Waals surface area contributed by atoms with Crippen molar-refractivity contribution in [1.29, 1.82) is 5.26 Å². The predicted molar refractivity (Wildman–Crippen MR) is 102 cm³/mol. The van der Waals surface area contributed by atoms with Crippen molar-refractivity contribution in [2.45, 2.75) is 42.9 Å². The van der Waals surface area contributed by atoms with Crippen LogP contribution in [0.4, 0.5) is 5.69 Å². The minimum Gasteiger partial charge on any atom is -0.373 e. The quantitative estimate of drug-likeness (QED) is 0.430. The van der Waals surface area contributed by atoms with Gasteiger partial charge in [0.25, 0.3) is 0 Å². The molecule has 1 saturated carbocycles. The van der Waals surface area contributed by atoms with Gasteiger partial charge >= 0.3 is 0 Å². The van der Waals surface area contributed by atoms with Crippen LogP contribution in [0.25, 0.3) is 0 Å². The number of para-hydroxylation sites is 1. The molecule has 5 aliphatic heterocycles. The molecule has 3 saturated heterocycles. The molecule has 5 nitrogen and oxygen atoms in total. The standard InChI is InChI=1S/C23H24N3O2/c24-7-9-26-8-6-23-16-3-1-2-4-17(16)25-20(27)12-18-21(22(23)25)15(11-19(23)26)14(13-26)5-10-28-18/h1-5,15,18-19,21-22H,6,8-13H2/q+1/t15-,18-,19-,21-,22-,23+,26?/m0/s1. The highest BCUT2D eigenvalue weighted by molar-refractivity contribution is 5.99. The van der Waals surface area contributed by atoms with Crippen molar-refractivity contribution in [3.63, 3.8) is 0 Å². The molecule has 142 valence electrons. The SMILES string of the molecule is N#CC[N+]12CC[C@@]34c5ccccc5N5C(=O)C[C@@H]6OCC=C(C1)[C@H](C[C@@H]32)[C@@H]6[C@H]54. The monoisotopic (exact) mass is 374 g/mol. The maximum Gasteiger partial charge on any atom is 0.229 e. The van der Waals surface area contributed by atoms with Gasteiger partial charge in [-0.1, -0.05) is 24.3 Å². The van der Waals surface area contributed by atoms with Crippen molar-refractivity contribution in [2.75, 3.05) is 31.1 Å². The Labute approximate surface area is 164 Å². The summed E-state index contributed by atoms with van der Waals surface area (Å²) >= 11 is 0. The molecule has 0 radical (unpaired) electrons. The Kier molecular flexibility index (Phi) is 2.74. The molecule has 1 spiro atoms. The zero-order valence-electron chi connectivity index (χ0n) is 15.9. The first-order valence-electron chi connectivity index (χ1n) is 10.6. The van der Waals surface area contributed by atoms with Gasteiger partial charge in [0, 0.05) is 24.4 Å². The summed E-state index contributed by atoms with van der Waals surface area (Å²) in [5, 5.41) is 9.72. The van der Waals surface area contributed by atoms with E-state index in [0.29, 0.717) is 37.5 Å². The van der Waals surface area contributed by atoms with Crippen molar-refractivity contribution < 1.29 is 14.0 Å². The Morgan fingerprint density at radius 3 is 3.14 bits per heavy atom. The van der Waals surface area contributed by atoms with Crippen LogP contribution in [-0.4, -0.2) is 54.8 Å². The predicted octanol–water partition coefficient (Wildman–Crippen LogP) is 2.13. The van der Waals surface area contributed by atoms with Crippen LogP contribution in [0.1, 0.15) is 24.8 Å². The fourth-order valence-electron chi connectivity index (χ4n) is 8.34. The largest absolute Gasteiger partial charge is 0.373 e. The molecule has 7 rings (SSSR count). The number of ether oxygens (including phenoxy) is 1. The Bertz CT molecular complexity index is 996. The molecule has 28 heavy (non-hydrogen) atoms. The summed E-state index contributed by atoms with van der Waals surface area (Å²) in [5.74, 6) is 1.12. The third-order valence-electron chi connectivity index (χ3n) is 9.09. The average Bonchev–Trinajstić information content (AvgIpc) is 3.13. The fraction of sp³-hybridized carbons (Fsp3) is 0.565. The van der Waals surface area contributed by atoms with Gasteiger partial charge in [0.1, 0.15) is 18.7 Å². The number of anilines is 1. The maximum absolute atomic E-state index is 13.3. The first-order valence-corrected chi connectivity index (χ1v) is 10.6. The van der Waals surface area contributed by atoms with E-state index >= 15 is 0 Å². The highest BCUT2D eigenvalue weighted by Gasteiger charge is 2.75. The van der Waals surface area contributed by atoms with Crippen LogP contribution in [0.3, 0.4) is 0 Å². The smallest absolute Gasteiger partial charge is 0.229 e. The second kappa shape index (κ2) is 4.87. The Hall–Kier alpha value is -2.16. The van der Waals surface area contributed by atoms with E-state index in [-0.39, 0.29) is 23.5 Å². The topological polar surface area (TPSA) is 53.3 Å². The van der Waals surface area contributed by atoms with Crippen molar-refractivity contribution >= 4 is 11.6 Å². The van der Waals surface area contributed by atoms with Crippen LogP contribution in [0.5, 0.6) is 0 Å². The van der Waals surface area contributed by atoms with Gasteiger partial charge < -0.3 is 14.1 Å². The lowest BCUT2D eigenvalue weighted by atomic mass is 9.53. The molecule has 2 bridgehead atoms.